The number of piperidine rings is 1. The van der Waals surface area contributed by atoms with E-state index < -0.39 is 0 Å². The van der Waals surface area contributed by atoms with Crippen molar-refractivity contribution in [3.8, 4) is 11.5 Å². The van der Waals surface area contributed by atoms with E-state index in [2.05, 4.69) is 32.5 Å². The molecule has 0 aliphatic carbocycles. The Morgan fingerprint density at radius 3 is 2.86 bits per heavy atom. The molecule has 1 aromatic heterocycles. The van der Waals surface area contributed by atoms with Crippen LogP contribution in [0.25, 0.3) is 11.5 Å². The SMILES string of the molecule is c1nnc(-c2ccc(NC3CCN4CCCC4C3)cc2)o1. The number of fused-ring (bicyclic) bond motifs is 1. The first-order chi connectivity index (χ1) is 10.4. The number of nitrogens with one attached hydrogen (secondary N) is 1. The topological polar surface area (TPSA) is 54.2 Å². The quantitative estimate of drug-likeness (QED) is 0.939. The zero-order valence-corrected chi connectivity index (χ0v) is 12.0. The zero-order valence-electron chi connectivity index (χ0n) is 12.0. The normalized spacial score (nSPS) is 25.7. The third-order valence-electron chi connectivity index (χ3n) is 4.68. The molecular formula is C16H20N4O. The van der Waals surface area contributed by atoms with E-state index in [0.717, 1.165) is 11.6 Å². The van der Waals surface area contributed by atoms with Crippen LogP contribution < -0.4 is 5.32 Å². The summed E-state index contributed by atoms with van der Waals surface area (Å²) in [6, 6.07) is 9.65. The predicted molar refractivity (Wildman–Crippen MR) is 81.0 cm³/mol. The van der Waals surface area contributed by atoms with Crippen LogP contribution >= 0.6 is 0 Å². The molecule has 4 rings (SSSR count). The number of rotatable bonds is 3. The van der Waals surface area contributed by atoms with Gasteiger partial charge in [-0.15, -0.1) is 10.2 Å². The third kappa shape index (κ3) is 2.65. The second-order valence-electron chi connectivity index (χ2n) is 6.02. The highest BCUT2D eigenvalue weighted by Gasteiger charge is 2.31. The Morgan fingerprint density at radius 2 is 2.05 bits per heavy atom. The highest BCUT2D eigenvalue weighted by atomic mass is 16.4. The van der Waals surface area contributed by atoms with Gasteiger partial charge < -0.3 is 14.6 Å². The second kappa shape index (κ2) is 5.48. The zero-order chi connectivity index (χ0) is 14.1. The molecule has 2 aliphatic heterocycles. The monoisotopic (exact) mass is 284 g/mol. The van der Waals surface area contributed by atoms with Crippen LogP contribution in [-0.4, -0.2) is 40.3 Å². The molecule has 0 radical (unpaired) electrons. The molecule has 1 N–H and O–H groups in total. The standard InChI is InChI=1S/C16H20N4O/c1-2-15-10-14(7-9-20(15)8-1)18-13-5-3-12(4-6-13)16-19-17-11-21-16/h3-6,11,14-15,18H,1-2,7-10H2. The summed E-state index contributed by atoms with van der Waals surface area (Å²) in [6.07, 6.45) is 6.61. The molecule has 3 heterocycles. The van der Waals surface area contributed by atoms with Gasteiger partial charge in [0.05, 0.1) is 0 Å². The molecular weight excluding hydrogens is 264 g/mol. The van der Waals surface area contributed by atoms with E-state index >= 15 is 0 Å². The lowest BCUT2D eigenvalue weighted by Crippen LogP contribution is -2.42. The second-order valence-corrected chi connectivity index (χ2v) is 6.02. The van der Waals surface area contributed by atoms with Crippen LogP contribution in [0.2, 0.25) is 0 Å². The van der Waals surface area contributed by atoms with Crippen molar-refractivity contribution in [3.63, 3.8) is 0 Å². The average molecular weight is 284 g/mol. The van der Waals surface area contributed by atoms with Crippen LogP contribution in [0.4, 0.5) is 5.69 Å². The van der Waals surface area contributed by atoms with Gasteiger partial charge >= 0.3 is 0 Å². The summed E-state index contributed by atoms with van der Waals surface area (Å²) in [5.74, 6) is 0.570. The van der Waals surface area contributed by atoms with Crippen molar-refractivity contribution in [2.24, 2.45) is 0 Å². The number of hydrogen-bond donors (Lipinski definition) is 1. The molecule has 2 unspecified atom stereocenters. The summed E-state index contributed by atoms with van der Waals surface area (Å²) >= 11 is 0. The molecule has 2 fully saturated rings. The number of anilines is 1. The number of benzene rings is 1. The molecule has 0 amide bonds. The number of nitrogens with zero attached hydrogens (tertiary/aromatic N) is 3. The van der Waals surface area contributed by atoms with Crippen LogP contribution in [0.5, 0.6) is 0 Å². The van der Waals surface area contributed by atoms with Crippen molar-refractivity contribution in [3.05, 3.63) is 30.7 Å². The minimum Gasteiger partial charge on any atom is -0.423 e. The Labute approximate surface area is 124 Å². The van der Waals surface area contributed by atoms with E-state index in [0.29, 0.717) is 11.9 Å². The Balaban J connectivity index is 1.41. The van der Waals surface area contributed by atoms with E-state index in [1.165, 1.54) is 50.9 Å². The Hall–Kier alpha value is -1.88. The largest absolute Gasteiger partial charge is 0.423 e. The highest BCUT2D eigenvalue weighted by molar-refractivity contribution is 5.58. The van der Waals surface area contributed by atoms with E-state index in [9.17, 15) is 0 Å². The molecule has 0 saturated carbocycles. The van der Waals surface area contributed by atoms with E-state index in [1.54, 1.807) is 0 Å². The molecule has 5 heteroatoms. The van der Waals surface area contributed by atoms with Gasteiger partial charge in [0.25, 0.3) is 0 Å². The van der Waals surface area contributed by atoms with Crippen LogP contribution in [0.1, 0.15) is 25.7 Å². The van der Waals surface area contributed by atoms with Crippen molar-refractivity contribution in [2.45, 2.75) is 37.8 Å². The van der Waals surface area contributed by atoms with Crippen LogP contribution in [0, 0.1) is 0 Å². The fraction of sp³-hybridized carbons (Fsp3) is 0.500. The summed E-state index contributed by atoms with van der Waals surface area (Å²) in [7, 11) is 0. The molecule has 2 aromatic rings. The number of hydrogen-bond acceptors (Lipinski definition) is 5. The lowest BCUT2D eigenvalue weighted by atomic mass is 9.97. The van der Waals surface area contributed by atoms with Gasteiger partial charge in [-0.2, -0.15) is 0 Å². The molecule has 110 valence electrons. The summed E-state index contributed by atoms with van der Waals surface area (Å²) in [5.41, 5.74) is 2.14. The average Bonchev–Trinajstić information content (AvgIpc) is 3.19. The van der Waals surface area contributed by atoms with Gasteiger partial charge in [-0.1, -0.05) is 0 Å². The first-order valence-corrected chi connectivity index (χ1v) is 7.76. The van der Waals surface area contributed by atoms with Gasteiger partial charge in [0, 0.05) is 29.9 Å². The molecule has 21 heavy (non-hydrogen) atoms. The minimum atomic E-state index is 0.570. The van der Waals surface area contributed by atoms with Gasteiger partial charge in [0.2, 0.25) is 12.3 Å². The third-order valence-corrected chi connectivity index (χ3v) is 4.68. The van der Waals surface area contributed by atoms with Crippen molar-refractivity contribution < 1.29 is 4.42 Å². The summed E-state index contributed by atoms with van der Waals surface area (Å²) < 4.78 is 5.21. The van der Waals surface area contributed by atoms with Gasteiger partial charge in [-0.25, -0.2) is 0 Å². The first kappa shape index (κ1) is 12.8. The van der Waals surface area contributed by atoms with Crippen LogP contribution in [0.3, 0.4) is 0 Å². The van der Waals surface area contributed by atoms with E-state index in [1.807, 2.05) is 12.1 Å². The van der Waals surface area contributed by atoms with Crippen LogP contribution in [-0.2, 0) is 0 Å². The predicted octanol–water partition coefficient (Wildman–Crippen LogP) is 2.78. The lowest BCUT2D eigenvalue weighted by molar-refractivity contribution is 0.188. The van der Waals surface area contributed by atoms with Crippen molar-refractivity contribution in [2.75, 3.05) is 18.4 Å². The fourth-order valence-corrected chi connectivity index (χ4v) is 3.60. The smallest absolute Gasteiger partial charge is 0.247 e. The minimum absolute atomic E-state index is 0.570. The summed E-state index contributed by atoms with van der Waals surface area (Å²) in [4.78, 5) is 2.65. The molecule has 2 atom stereocenters. The van der Waals surface area contributed by atoms with E-state index in [4.69, 9.17) is 4.42 Å². The molecule has 0 spiro atoms. The van der Waals surface area contributed by atoms with Crippen molar-refractivity contribution in [1.82, 2.24) is 15.1 Å². The van der Waals surface area contributed by atoms with Crippen LogP contribution in [0.15, 0.2) is 35.1 Å². The van der Waals surface area contributed by atoms with Crippen molar-refractivity contribution >= 4 is 5.69 Å². The fourth-order valence-electron chi connectivity index (χ4n) is 3.60. The molecule has 0 bridgehead atoms. The Bertz CT molecular complexity index is 581. The summed E-state index contributed by atoms with van der Waals surface area (Å²) in [6.45, 7) is 2.54. The van der Waals surface area contributed by atoms with Crippen molar-refractivity contribution in [1.29, 1.82) is 0 Å². The van der Waals surface area contributed by atoms with Gasteiger partial charge in [-0.05, 0) is 56.5 Å². The molecule has 2 aliphatic rings. The first-order valence-electron chi connectivity index (χ1n) is 7.76. The Morgan fingerprint density at radius 1 is 1.14 bits per heavy atom. The maximum absolute atomic E-state index is 5.21. The maximum Gasteiger partial charge on any atom is 0.247 e. The highest BCUT2D eigenvalue weighted by Crippen LogP contribution is 2.29. The van der Waals surface area contributed by atoms with E-state index in [-0.39, 0.29) is 0 Å². The van der Waals surface area contributed by atoms with Gasteiger partial charge in [0.15, 0.2) is 0 Å². The Kier molecular flexibility index (Phi) is 3.35. The summed E-state index contributed by atoms with van der Waals surface area (Å²) in [5, 5.41) is 11.3. The lowest BCUT2D eigenvalue weighted by Gasteiger charge is -2.35. The van der Waals surface area contributed by atoms with Gasteiger partial charge in [-0.3, -0.25) is 0 Å². The number of aromatic nitrogens is 2. The van der Waals surface area contributed by atoms with Gasteiger partial charge in [0.1, 0.15) is 0 Å². The molecule has 1 aromatic carbocycles. The molecule has 2 saturated heterocycles. The molecule has 5 nitrogen and oxygen atoms in total. The maximum atomic E-state index is 5.21.